The fourth-order valence-electron chi connectivity index (χ4n) is 8.79. The molecular weight excluding hydrogens is 629 g/mol. The quantitative estimate of drug-likeness (QED) is 0.189. The van der Waals surface area contributed by atoms with Crippen molar-refractivity contribution in [3.63, 3.8) is 0 Å². The molecule has 2 heteroatoms. The van der Waals surface area contributed by atoms with Crippen LogP contribution in [0.2, 0.25) is 0 Å². The van der Waals surface area contributed by atoms with Gasteiger partial charge >= 0.3 is 0 Å². The average Bonchev–Trinajstić information content (AvgIpc) is 3.41. The van der Waals surface area contributed by atoms with E-state index >= 15 is 0 Å². The van der Waals surface area contributed by atoms with Crippen molar-refractivity contribution in [2.45, 2.75) is 50.6 Å². The molecule has 1 N–H and O–H groups in total. The molecule has 254 valence electrons. The number of dihydropyridines is 1. The van der Waals surface area contributed by atoms with E-state index in [9.17, 15) is 0 Å². The molecule has 0 saturated heterocycles. The van der Waals surface area contributed by atoms with Gasteiger partial charge in [0.05, 0.1) is 0 Å². The number of hydrogen-bond acceptors (Lipinski definition) is 2. The number of nitrogens with zero attached hydrogens (tertiary/aromatic N) is 1. The first-order chi connectivity index (χ1) is 25.3. The third-order valence-electron chi connectivity index (χ3n) is 11.7. The zero-order valence-electron chi connectivity index (χ0n) is 30.3. The van der Waals surface area contributed by atoms with Gasteiger partial charge in [-0.3, -0.25) is 0 Å². The second-order valence-corrected chi connectivity index (χ2v) is 15.4. The van der Waals surface area contributed by atoms with Crippen molar-refractivity contribution in [1.82, 2.24) is 5.32 Å². The summed E-state index contributed by atoms with van der Waals surface area (Å²) in [7, 11) is 0. The number of fused-ring (bicyclic) bond motifs is 5. The first-order valence-electron chi connectivity index (χ1n) is 18.5. The zero-order valence-corrected chi connectivity index (χ0v) is 30.3. The standard InChI is InChI=1S/C50H44N2/c1-49(2)42-17-9-8-16-40(42)41-29-26-38(33-44(41)49)39(36-14-6-5-7-15-36)28-23-34-21-24-35(25-22-34)37-27-30-47-45(32-37)50(3,4)43-18-10-11-19-46(43)52(47)48-20-12-13-31-51-48/h5-33,39,48,51H,1-4H3/b28-23+. The molecule has 9 rings (SSSR count). The lowest BCUT2D eigenvalue weighted by atomic mass is 9.73. The molecule has 1 aliphatic carbocycles. The highest BCUT2D eigenvalue weighted by atomic mass is 15.3. The smallest absolute Gasteiger partial charge is 0.123 e. The maximum Gasteiger partial charge on any atom is 0.123 e. The van der Waals surface area contributed by atoms with Crippen LogP contribution in [0.3, 0.4) is 0 Å². The van der Waals surface area contributed by atoms with Gasteiger partial charge in [0.2, 0.25) is 0 Å². The van der Waals surface area contributed by atoms with Gasteiger partial charge in [0.25, 0.3) is 0 Å². The Labute approximate surface area is 308 Å². The maximum absolute atomic E-state index is 3.56. The van der Waals surface area contributed by atoms with Crippen LogP contribution in [0.1, 0.15) is 72.6 Å². The Hall–Kier alpha value is -5.86. The Morgan fingerprint density at radius 2 is 1.23 bits per heavy atom. The summed E-state index contributed by atoms with van der Waals surface area (Å²) < 4.78 is 0. The summed E-state index contributed by atoms with van der Waals surface area (Å²) >= 11 is 0. The fourth-order valence-corrected chi connectivity index (χ4v) is 8.79. The highest BCUT2D eigenvalue weighted by Crippen LogP contribution is 2.51. The molecule has 6 aromatic carbocycles. The SMILES string of the molecule is CC1(C)c2ccccc2-c2ccc(C(/C=C/c3ccc(-c4ccc5c(c4)C(C)(C)c4ccccc4N5C4C=CC=CN4)cc3)c3ccccc3)cc21. The average molecular weight is 673 g/mol. The molecule has 2 aliphatic heterocycles. The summed E-state index contributed by atoms with van der Waals surface area (Å²) in [5, 5.41) is 3.56. The van der Waals surface area contributed by atoms with Crippen molar-refractivity contribution in [2.75, 3.05) is 4.90 Å². The van der Waals surface area contributed by atoms with Crippen LogP contribution in [-0.2, 0) is 10.8 Å². The van der Waals surface area contributed by atoms with Crippen LogP contribution < -0.4 is 10.2 Å². The number of anilines is 2. The fraction of sp³-hybridized carbons (Fsp3) is 0.160. The Morgan fingerprint density at radius 3 is 2.02 bits per heavy atom. The van der Waals surface area contributed by atoms with Gasteiger partial charge in [0, 0.05) is 28.1 Å². The molecular formula is C50H44N2. The van der Waals surface area contributed by atoms with Crippen LogP contribution >= 0.6 is 0 Å². The van der Waals surface area contributed by atoms with E-state index < -0.39 is 0 Å². The summed E-state index contributed by atoms with van der Waals surface area (Å²) in [6, 6.07) is 51.8. The highest BCUT2D eigenvalue weighted by Gasteiger charge is 2.39. The van der Waals surface area contributed by atoms with Crippen molar-refractivity contribution in [2.24, 2.45) is 0 Å². The number of rotatable bonds is 6. The number of benzene rings is 6. The number of hydrogen-bond donors (Lipinski definition) is 1. The molecule has 0 radical (unpaired) electrons. The molecule has 0 fully saturated rings. The van der Waals surface area contributed by atoms with Gasteiger partial charge in [-0.15, -0.1) is 0 Å². The summed E-state index contributed by atoms with van der Waals surface area (Å²) in [6.45, 7) is 9.43. The molecule has 0 bridgehead atoms. The topological polar surface area (TPSA) is 15.3 Å². The van der Waals surface area contributed by atoms with Gasteiger partial charge in [0.1, 0.15) is 6.17 Å². The number of nitrogens with one attached hydrogen (secondary N) is 1. The minimum absolute atomic E-state index is 0.0303. The van der Waals surface area contributed by atoms with Crippen molar-refractivity contribution < 1.29 is 0 Å². The first kappa shape index (κ1) is 32.1. The van der Waals surface area contributed by atoms with Gasteiger partial charge in [-0.25, -0.2) is 0 Å². The summed E-state index contributed by atoms with van der Waals surface area (Å²) in [5.74, 6) is 0.142. The molecule has 2 atom stereocenters. The molecule has 0 amide bonds. The van der Waals surface area contributed by atoms with Crippen LogP contribution in [-0.4, -0.2) is 6.17 Å². The van der Waals surface area contributed by atoms with Crippen molar-refractivity contribution in [3.8, 4) is 22.3 Å². The monoisotopic (exact) mass is 672 g/mol. The van der Waals surface area contributed by atoms with Crippen molar-refractivity contribution >= 4 is 17.5 Å². The lowest BCUT2D eigenvalue weighted by molar-refractivity contribution is 0.602. The van der Waals surface area contributed by atoms with E-state index in [1.54, 1.807) is 0 Å². The van der Waals surface area contributed by atoms with Crippen LogP contribution in [0.25, 0.3) is 28.3 Å². The number of allylic oxidation sites excluding steroid dienone is 3. The van der Waals surface area contributed by atoms with Crippen LogP contribution in [0.5, 0.6) is 0 Å². The lowest BCUT2D eigenvalue weighted by Gasteiger charge is -2.45. The van der Waals surface area contributed by atoms with E-state index in [-0.39, 0.29) is 22.9 Å². The summed E-state index contributed by atoms with van der Waals surface area (Å²) in [5.41, 5.74) is 16.8. The van der Waals surface area contributed by atoms with Gasteiger partial charge in [-0.2, -0.15) is 0 Å². The third-order valence-corrected chi connectivity index (χ3v) is 11.7. The predicted octanol–water partition coefficient (Wildman–Crippen LogP) is 12.3. The van der Waals surface area contributed by atoms with E-state index in [1.165, 1.54) is 72.6 Å². The molecule has 0 saturated carbocycles. The predicted molar refractivity (Wildman–Crippen MR) is 219 cm³/mol. The molecule has 2 unspecified atom stereocenters. The van der Waals surface area contributed by atoms with Crippen LogP contribution in [0.15, 0.2) is 170 Å². The molecule has 3 aliphatic rings. The Morgan fingerprint density at radius 1 is 0.558 bits per heavy atom. The second-order valence-electron chi connectivity index (χ2n) is 15.4. The molecule has 6 aromatic rings. The lowest BCUT2D eigenvalue weighted by Crippen LogP contribution is -2.44. The molecule has 0 aromatic heterocycles. The molecule has 0 spiro atoms. The summed E-state index contributed by atoms with van der Waals surface area (Å²) in [6.07, 6.45) is 13.2. The third kappa shape index (κ3) is 5.25. The zero-order chi connectivity index (χ0) is 35.5. The van der Waals surface area contributed by atoms with Gasteiger partial charge in [0.15, 0.2) is 0 Å². The van der Waals surface area contributed by atoms with E-state index in [2.05, 4.69) is 202 Å². The van der Waals surface area contributed by atoms with Crippen molar-refractivity contribution in [1.29, 1.82) is 0 Å². The molecule has 2 nitrogen and oxygen atoms in total. The van der Waals surface area contributed by atoms with Gasteiger partial charge < -0.3 is 10.2 Å². The van der Waals surface area contributed by atoms with Gasteiger partial charge in [-0.05, 0) is 97.7 Å². The Kier molecular flexibility index (Phi) is 7.66. The van der Waals surface area contributed by atoms with Crippen LogP contribution in [0, 0.1) is 0 Å². The van der Waals surface area contributed by atoms with Crippen LogP contribution in [0.4, 0.5) is 11.4 Å². The van der Waals surface area contributed by atoms with E-state index in [0.717, 1.165) is 0 Å². The van der Waals surface area contributed by atoms with E-state index in [1.807, 2.05) is 12.3 Å². The largest absolute Gasteiger partial charge is 0.368 e. The Bertz CT molecular complexity index is 2390. The minimum Gasteiger partial charge on any atom is -0.368 e. The molecule has 2 heterocycles. The Balaban J connectivity index is 1.03. The highest BCUT2D eigenvalue weighted by molar-refractivity contribution is 5.83. The normalized spacial score (nSPS) is 17.9. The summed E-state index contributed by atoms with van der Waals surface area (Å²) in [4.78, 5) is 2.44. The number of para-hydroxylation sites is 1. The van der Waals surface area contributed by atoms with Crippen molar-refractivity contribution in [3.05, 3.63) is 209 Å². The van der Waals surface area contributed by atoms with Gasteiger partial charge in [-0.1, -0.05) is 167 Å². The molecule has 52 heavy (non-hydrogen) atoms. The van der Waals surface area contributed by atoms with E-state index in [4.69, 9.17) is 0 Å². The maximum atomic E-state index is 3.56. The minimum atomic E-state index is -0.142. The van der Waals surface area contributed by atoms with E-state index in [0.29, 0.717) is 0 Å². The second kappa shape index (κ2) is 12.4. The first-order valence-corrected chi connectivity index (χ1v) is 18.5.